The number of hydrogen-bond donors (Lipinski definition) is 2. The molecule has 7 nitrogen and oxygen atoms in total. The van der Waals surface area contributed by atoms with E-state index in [1.807, 2.05) is 0 Å². The van der Waals surface area contributed by atoms with Gasteiger partial charge in [0, 0.05) is 36.8 Å². The number of nitrogens with one attached hydrogen (secondary N) is 1. The lowest BCUT2D eigenvalue weighted by Gasteiger charge is -2.20. The Labute approximate surface area is 217 Å². The molecule has 0 aliphatic rings. The smallest absolute Gasteiger partial charge is 0.423 e. The van der Waals surface area contributed by atoms with Crippen molar-refractivity contribution < 1.29 is 32.6 Å². The number of rotatable bonds is 8. The molecule has 2 aromatic carbocycles. The van der Waals surface area contributed by atoms with Crippen LogP contribution in [0.25, 0.3) is 0 Å². The minimum Gasteiger partial charge on any atom is -0.506 e. The predicted octanol–water partition coefficient (Wildman–Crippen LogP) is 5.93. The second-order valence-electron chi connectivity index (χ2n) is 9.81. The molecular formula is C26H27ClF3N3O4. The van der Waals surface area contributed by atoms with Gasteiger partial charge in [0.1, 0.15) is 29.4 Å². The maximum absolute atomic E-state index is 13.8. The fourth-order valence-electron chi connectivity index (χ4n) is 3.55. The number of carbonyl (C=O) groups excluding carboxylic acids is 2. The van der Waals surface area contributed by atoms with Crippen LogP contribution in [0.5, 0.6) is 11.5 Å². The van der Waals surface area contributed by atoms with Crippen molar-refractivity contribution in [3.63, 3.8) is 0 Å². The van der Waals surface area contributed by atoms with Gasteiger partial charge in [0.2, 0.25) is 0 Å². The van der Waals surface area contributed by atoms with Crippen LogP contribution in [0, 0.1) is 5.41 Å². The zero-order valence-electron chi connectivity index (χ0n) is 20.7. The lowest BCUT2D eigenvalue weighted by molar-refractivity contribution is -0.140. The van der Waals surface area contributed by atoms with Crippen LogP contribution in [-0.2, 0) is 26.4 Å². The predicted molar refractivity (Wildman–Crippen MR) is 132 cm³/mol. The van der Waals surface area contributed by atoms with Gasteiger partial charge in [0.05, 0.1) is 11.9 Å². The molecule has 3 aromatic rings. The number of halogens is 4. The first-order valence-corrected chi connectivity index (χ1v) is 11.7. The summed E-state index contributed by atoms with van der Waals surface area (Å²) in [5, 5.41) is 13.3. The standard InChI is InChI=1S/C26H27ClF3N3O4/c1-25(2,3)10-20(34)17-7-8-21(22(23(17)35)26(28,29)30)37-13-16-6-5-15(9-18(16)27)11-31-24(36)19-12-33(4)14-32-19/h5-9,12,14,35H,10-11,13H2,1-4H3,(H,31,36). The molecule has 0 atom stereocenters. The number of amides is 1. The number of aryl methyl sites for hydroxylation is 1. The van der Waals surface area contributed by atoms with E-state index in [1.54, 1.807) is 56.8 Å². The first-order valence-electron chi connectivity index (χ1n) is 11.3. The van der Waals surface area contributed by atoms with E-state index in [1.165, 1.54) is 6.33 Å². The van der Waals surface area contributed by atoms with Gasteiger partial charge in [-0.05, 0) is 29.2 Å². The Hall–Kier alpha value is -3.53. The molecule has 0 saturated heterocycles. The average Bonchev–Trinajstić information content (AvgIpc) is 3.21. The normalized spacial score (nSPS) is 11.9. The van der Waals surface area contributed by atoms with Crippen molar-refractivity contribution in [2.75, 3.05) is 0 Å². The van der Waals surface area contributed by atoms with Gasteiger partial charge >= 0.3 is 6.18 Å². The highest BCUT2D eigenvalue weighted by atomic mass is 35.5. The Morgan fingerprint density at radius 2 is 1.86 bits per heavy atom. The molecule has 0 radical (unpaired) electrons. The first-order chi connectivity index (χ1) is 17.2. The number of phenolic OH excluding ortho intramolecular Hbond substituents is 1. The Kier molecular flexibility index (Phi) is 8.22. The van der Waals surface area contributed by atoms with Gasteiger partial charge in [-0.1, -0.05) is 44.5 Å². The molecule has 1 heterocycles. The fourth-order valence-corrected chi connectivity index (χ4v) is 3.80. The Morgan fingerprint density at radius 3 is 2.43 bits per heavy atom. The van der Waals surface area contributed by atoms with Crippen molar-refractivity contribution in [1.82, 2.24) is 14.9 Å². The second kappa shape index (κ2) is 10.8. The molecule has 0 bridgehead atoms. The van der Waals surface area contributed by atoms with Crippen molar-refractivity contribution in [3.05, 3.63) is 75.8 Å². The monoisotopic (exact) mass is 537 g/mol. The number of phenols is 1. The molecular weight excluding hydrogens is 511 g/mol. The minimum absolute atomic E-state index is 0.0394. The van der Waals surface area contributed by atoms with Gasteiger partial charge in [0.15, 0.2) is 5.78 Å². The Bertz CT molecular complexity index is 1310. The number of carbonyl (C=O) groups is 2. The van der Waals surface area contributed by atoms with Gasteiger partial charge < -0.3 is 19.7 Å². The van der Waals surface area contributed by atoms with Crippen LogP contribution < -0.4 is 10.1 Å². The van der Waals surface area contributed by atoms with E-state index in [-0.39, 0.29) is 36.2 Å². The number of hydrogen-bond acceptors (Lipinski definition) is 5. The third-order valence-corrected chi connectivity index (χ3v) is 5.66. The van der Waals surface area contributed by atoms with Gasteiger partial charge in [-0.25, -0.2) is 4.98 Å². The molecule has 0 spiro atoms. The lowest BCUT2D eigenvalue weighted by atomic mass is 9.87. The maximum atomic E-state index is 13.8. The topological polar surface area (TPSA) is 93.5 Å². The van der Waals surface area contributed by atoms with Crippen molar-refractivity contribution in [2.24, 2.45) is 12.5 Å². The SMILES string of the molecule is Cn1cnc(C(=O)NCc2ccc(COc3ccc(C(=O)CC(C)(C)C)c(O)c3C(F)(F)F)c(Cl)c2)c1. The molecule has 37 heavy (non-hydrogen) atoms. The molecule has 0 aliphatic carbocycles. The van der Waals surface area contributed by atoms with E-state index < -0.39 is 40.0 Å². The summed E-state index contributed by atoms with van der Waals surface area (Å²) in [6.07, 6.45) is -1.93. The van der Waals surface area contributed by atoms with E-state index in [0.717, 1.165) is 12.1 Å². The van der Waals surface area contributed by atoms with Crippen LogP contribution in [0.3, 0.4) is 0 Å². The van der Waals surface area contributed by atoms with E-state index in [4.69, 9.17) is 16.3 Å². The molecule has 3 rings (SSSR count). The molecule has 0 fully saturated rings. The fraction of sp³-hybridized carbons (Fsp3) is 0.346. The molecule has 11 heteroatoms. The number of aromatic hydroxyl groups is 1. The van der Waals surface area contributed by atoms with E-state index in [2.05, 4.69) is 10.3 Å². The number of aromatic nitrogens is 2. The summed E-state index contributed by atoms with van der Waals surface area (Å²) in [5.74, 6) is -2.76. The van der Waals surface area contributed by atoms with Crippen molar-refractivity contribution in [1.29, 1.82) is 0 Å². The van der Waals surface area contributed by atoms with Gasteiger partial charge in [-0.15, -0.1) is 0 Å². The second-order valence-corrected chi connectivity index (χ2v) is 10.2. The van der Waals surface area contributed by atoms with E-state index in [0.29, 0.717) is 11.1 Å². The third kappa shape index (κ3) is 7.25. The molecule has 2 N–H and O–H groups in total. The van der Waals surface area contributed by atoms with Crippen LogP contribution >= 0.6 is 11.6 Å². The molecule has 0 aliphatic heterocycles. The van der Waals surface area contributed by atoms with Crippen LogP contribution in [0.4, 0.5) is 13.2 Å². The van der Waals surface area contributed by atoms with Crippen LogP contribution in [0.15, 0.2) is 42.9 Å². The Morgan fingerprint density at radius 1 is 1.16 bits per heavy atom. The number of alkyl halides is 3. The van der Waals surface area contributed by atoms with Crippen LogP contribution in [0.2, 0.25) is 5.02 Å². The number of imidazole rings is 1. The number of Topliss-reactive ketones (excluding diaryl/α,β-unsaturated/α-hetero) is 1. The summed E-state index contributed by atoms with van der Waals surface area (Å²) in [5.41, 5.74) is -0.993. The number of nitrogens with zero attached hydrogens (tertiary/aromatic N) is 2. The van der Waals surface area contributed by atoms with E-state index in [9.17, 15) is 27.9 Å². The highest BCUT2D eigenvalue weighted by Gasteiger charge is 2.40. The summed E-state index contributed by atoms with van der Waals surface area (Å²) in [4.78, 5) is 28.6. The summed E-state index contributed by atoms with van der Waals surface area (Å²) in [6, 6.07) is 6.94. The zero-order chi connectivity index (χ0) is 27.5. The van der Waals surface area contributed by atoms with E-state index >= 15 is 0 Å². The van der Waals surface area contributed by atoms with Crippen molar-refractivity contribution in [2.45, 2.75) is 46.5 Å². The molecule has 198 valence electrons. The van der Waals surface area contributed by atoms with Crippen molar-refractivity contribution >= 4 is 23.3 Å². The number of benzene rings is 2. The third-order valence-electron chi connectivity index (χ3n) is 5.31. The van der Waals surface area contributed by atoms with Crippen molar-refractivity contribution in [3.8, 4) is 11.5 Å². The highest BCUT2D eigenvalue weighted by Crippen LogP contribution is 2.44. The minimum atomic E-state index is -4.96. The van der Waals surface area contributed by atoms with Gasteiger partial charge in [-0.3, -0.25) is 9.59 Å². The first kappa shape index (κ1) is 28.0. The summed E-state index contributed by atoms with van der Waals surface area (Å²) >= 11 is 6.30. The van der Waals surface area contributed by atoms with Gasteiger partial charge in [-0.2, -0.15) is 13.2 Å². The number of ether oxygens (including phenoxy) is 1. The molecule has 1 amide bonds. The molecule has 0 saturated carbocycles. The average molecular weight is 538 g/mol. The highest BCUT2D eigenvalue weighted by molar-refractivity contribution is 6.31. The van der Waals surface area contributed by atoms with Gasteiger partial charge in [0.25, 0.3) is 5.91 Å². The summed E-state index contributed by atoms with van der Waals surface area (Å²) in [6.45, 7) is 5.15. The Balaban J connectivity index is 1.74. The largest absolute Gasteiger partial charge is 0.506 e. The zero-order valence-corrected chi connectivity index (χ0v) is 21.5. The summed E-state index contributed by atoms with van der Waals surface area (Å²) in [7, 11) is 1.74. The van der Waals surface area contributed by atoms with Crippen LogP contribution in [-0.4, -0.2) is 26.3 Å². The molecule has 0 unspecified atom stereocenters. The summed E-state index contributed by atoms with van der Waals surface area (Å²) < 4.78 is 48.4. The lowest BCUT2D eigenvalue weighted by Crippen LogP contribution is -2.23. The quantitative estimate of drug-likeness (QED) is 0.348. The van der Waals surface area contributed by atoms with Crippen LogP contribution in [0.1, 0.15) is 64.7 Å². The molecule has 1 aromatic heterocycles. The maximum Gasteiger partial charge on any atom is 0.423 e. The number of ketones is 1.